The van der Waals surface area contributed by atoms with E-state index in [1.807, 2.05) is 18.2 Å². The minimum absolute atomic E-state index is 0.192. The highest BCUT2D eigenvalue weighted by Gasteiger charge is 2.29. The molecule has 0 spiro atoms. The molecule has 1 aromatic heterocycles. The topological polar surface area (TPSA) is 141 Å². The summed E-state index contributed by atoms with van der Waals surface area (Å²) in [5, 5.41) is 9.01. The van der Waals surface area contributed by atoms with Crippen molar-refractivity contribution >= 4 is 55.8 Å². The van der Waals surface area contributed by atoms with Crippen LogP contribution < -0.4 is 25.6 Å². The molecule has 2 fully saturated rings. The number of piperidine rings is 1. The molecule has 0 atom stereocenters. The zero-order valence-electron chi connectivity index (χ0n) is 30.5. The van der Waals surface area contributed by atoms with Crippen LogP contribution in [-0.2, 0) is 19.4 Å². The first-order valence-electron chi connectivity index (χ1n) is 17.9. The maximum absolute atomic E-state index is 13.3. The average molecular weight is 731 g/mol. The van der Waals surface area contributed by atoms with Gasteiger partial charge in [0.2, 0.25) is 11.9 Å². The van der Waals surface area contributed by atoms with Gasteiger partial charge in [0.1, 0.15) is 11.6 Å². The van der Waals surface area contributed by atoms with Gasteiger partial charge in [-0.3, -0.25) is 9.69 Å². The molecular weight excluding hydrogens is 681 g/mol. The fourth-order valence-electron chi connectivity index (χ4n) is 6.90. The molecule has 2 aromatic carbocycles. The normalized spacial score (nSPS) is 17.8. The van der Waals surface area contributed by atoms with Gasteiger partial charge < -0.3 is 35.2 Å². The van der Waals surface area contributed by atoms with Crippen molar-refractivity contribution in [2.75, 3.05) is 87.5 Å². The van der Waals surface area contributed by atoms with Gasteiger partial charge in [-0.2, -0.15) is 4.98 Å². The Bertz CT molecular complexity index is 1900. The fraction of sp³-hybridized carbons (Fsp3) is 0.447. The van der Waals surface area contributed by atoms with Crippen molar-refractivity contribution in [3.05, 3.63) is 66.9 Å². The van der Waals surface area contributed by atoms with Gasteiger partial charge in [-0.05, 0) is 70.0 Å². The minimum Gasteiger partial charge on any atom is -0.494 e. The van der Waals surface area contributed by atoms with Crippen molar-refractivity contribution in [1.29, 1.82) is 0 Å². The molecule has 0 unspecified atom stereocenters. The zero-order valence-corrected chi connectivity index (χ0v) is 31.3. The molecule has 3 N–H and O–H groups in total. The van der Waals surface area contributed by atoms with E-state index in [0.29, 0.717) is 54.3 Å². The molecule has 0 saturated carbocycles. The van der Waals surface area contributed by atoms with E-state index in [1.165, 1.54) is 6.08 Å². The molecule has 3 aromatic rings. The number of rotatable bonds is 12. The lowest BCUT2D eigenvalue weighted by atomic mass is 10.0. The maximum Gasteiger partial charge on any atom is 0.247 e. The summed E-state index contributed by atoms with van der Waals surface area (Å²) < 4.78 is 38.1. The first kappa shape index (κ1) is 37.3. The molecule has 2 saturated heterocycles. The number of hydrogen-bond donors (Lipinski definition) is 3. The van der Waals surface area contributed by atoms with Crippen LogP contribution in [0.1, 0.15) is 38.7 Å². The van der Waals surface area contributed by atoms with Gasteiger partial charge in [0.25, 0.3) is 0 Å². The second kappa shape index (κ2) is 16.4. The smallest absolute Gasteiger partial charge is 0.247 e. The van der Waals surface area contributed by atoms with Gasteiger partial charge in [-0.1, -0.05) is 24.8 Å². The molecule has 4 heterocycles. The first-order valence-corrected chi connectivity index (χ1v) is 19.5. The average Bonchev–Trinajstić information content (AvgIpc) is 3.16. The number of nitrogens with zero attached hydrogens (tertiary/aromatic N) is 5. The fourth-order valence-corrected chi connectivity index (χ4v) is 8.11. The van der Waals surface area contributed by atoms with Crippen LogP contribution in [0.5, 0.6) is 5.75 Å². The zero-order chi connectivity index (χ0) is 36.8. The number of sulfone groups is 1. The Morgan fingerprint density at radius 3 is 2.46 bits per heavy atom. The summed E-state index contributed by atoms with van der Waals surface area (Å²) in [6.07, 6.45) is 7.68. The number of para-hydroxylation sites is 1. The van der Waals surface area contributed by atoms with E-state index in [9.17, 15) is 13.2 Å². The number of likely N-dealkylation sites (N-methyl/N-ethyl adjacent to an activating group) is 1. The summed E-state index contributed by atoms with van der Waals surface area (Å²) in [6.45, 7) is 14.1. The molecule has 0 aliphatic carbocycles. The van der Waals surface area contributed by atoms with E-state index in [4.69, 9.17) is 14.5 Å². The molecule has 1 amide bonds. The summed E-state index contributed by atoms with van der Waals surface area (Å²) in [5.41, 5.74) is 4.18. The van der Waals surface area contributed by atoms with Crippen LogP contribution in [0.2, 0.25) is 0 Å². The summed E-state index contributed by atoms with van der Waals surface area (Å²) >= 11 is 0. The SMILES string of the molecule is C=CC(=O)Nc1cc(Nc2ncc(C3=CCOCC3)c(Nc3ccccc3S(=O)(=O)C(C)C)n2)c(OC)cc1N1CCC(N2CCN(C)CC2)CC1. The van der Waals surface area contributed by atoms with Crippen LogP contribution in [0.4, 0.5) is 34.5 Å². The van der Waals surface area contributed by atoms with Crippen LogP contribution >= 0.6 is 0 Å². The third kappa shape index (κ3) is 8.41. The van der Waals surface area contributed by atoms with Crippen LogP contribution in [0, 0.1) is 0 Å². The predicted octanol–water partition coefficient (Wildman–Crippen LogP) is 5.30. The van der Waals surface area contributed by atoms with Gasteiger partial charge >= 0.3 is 0 Å². The number of amides is 1. The van der Waals surface area contributed by atoms with Crippen molar-refractivity contribution in [3.63, 3.8) is 0 Å². The van der Waals surface area contributed by atoms with Crippen LogP contribution in [0.25, 0.3) is 5.57 Å². The van der Waals surface area contributed by atoms with E-state index < -0.39 is 15.1 Å². The Labute approximate surface area is 307 Å². The van der Waals surface area contributed by atoms with E-state index in [0.717, 1.165) is 68.9 Å². The third-order valence-electron chi connectivity index (χ3n) is 10.0. The lowest BCUT2D eigenvalue weighted by Gasteiger charge is -2.43. The van der Waals surface area contributed by atoms with Crippen LogP contribution in [-0.4, -0.2) is 112 Å². The van der Waals surface area contributed by atoms with Gasteiger partial charge in [0.15, 0.2) is 9.84 Å². The molecule has 0 radical (unpaired) electrons. The number of carbonyl (C=O) groups excluding carboxylic acids is 1. The van der Waals surface area contributed by atoms with Gasteiger partial charge in [0.05, 0.1) is 53.2 Å². The predicted molar refractivity (Wildman–Crippen MR) is 207 cm³/mol. The van der Waals surface area contributed by atoms with Crippen molar-refractivity contribution in [1.82, 2.24) is 19.8 Å². The van der Waals surface area contributed by atoms with E-state index in [2.05, 4.69) is 49.3 Å². The number of carbonyl (C=O) groups is 1. The number of nitrogens with one attached hydrogen (secondary N) is 3. The Kier molecular flexibility index (Phi) is 11.8. The first-order chi connectivity index (χ1) is 25.1. The Balaban J connectivity index is 1.32. The third-order valence-corrected chi connectivity index (χ3v) is 12.2. The van der Waals surface area contributed by atoms with E-state index in [-0.39, 0.29) is 16.8 Å². The molecule has 0 bridgehead atoms. The maximum atomic E-state index is 13.3. The highest BCUT2D eigenvalue weighted by Crippen LogP contribution is 2.40. The standard InChI is InChI=1S/C38H50N8O5S/c1-6-36(47)40-31-23-32(34(50-5)24-33(31)46-15-11-28(12-16-46)45-19-17-44(4)18-20-45)42-38-39-25-29(27-13-21-51-22-14-27)37(43-38)41-30-9-7-8-10-35(30)52(48,49)26(2)3/h6-10,13,23-26,28H,1,11-12,14-22H2,2-5H3,(H,40,47)(H2,39,41,42,43). The number of anilines is 6. The monoisotopic (exact) mass is 730 g/mol. The van der Waals surface area contributed by atoms with Crippen LogP contribution in [0.3, 0.4) is 0 Å². The number of aromatic nitrogens is 2. The van der Waals surface area contributed by atoms with Crippen molar-refractivity contribution < 1.29 is 22.7 Å². The van der Waals surface area contributed by atoms with Gasteiger partial charge in [-0.25, -0.2) is 13.4 Å². The van der Waals surface area contributed by atoms with Gasteiger partial charge in [0, 0.05) is 63.1 Å². The molecular formula is C38H50N8O5S. The quantitative estimate of drug-likeness (QED) is 0.208. The van der Waals surface area contributed by atoms with E-state index in [1.54, 1.807) is 51.4 Å². The van der Waals surface area contributed by atoms with Crippen LogP contribution in [0.15, 0.2) is 66.2 Å². The summed E-state index contributed by atoms with van der Waals surface area (Å²) in [5.74, 6) is 0.922. The van der Waals surface area contributed by atoms with Crippen molar-refractivity contribution in [2.45, 2.75) is 49.3 Å². The number of hydrogen-bond acceptors (Lipinski definition) is 12. The van der Waals surface area contributed by atoms with E-state index >= 15 is 0 Å². The molecule has 14 heteroatoms. The van der Waals surface area contributed by atoms with Crippen molar-refractivity contribution in [3.8, 4) is 5.75 Å². The Morgan fingerprint density at radius 1 is 1.04 bits per heavy atom. The lowest BCUT2D eigenvalue weighted by Crippen LogP contribution is -2.52. The molecule has 3 aliphatic rings. The molecule has 13 nitrogen and oxygen atoms in total. The number of ether oxygens (including phenoxy) is 2. The summed E-state index contributed by atoms with van der Waals surface area (Å²) in [7, 11) is 0.183. The molecule has 6 rings (SSSR count). The number of benzene rings is 2. The largest absolute Gasteiger partial charge is 0.494 e. The van der Waals surface area contributed by atoms with Gasteiger partial charge in [-0.15, -0.1) is 0 Å². The lowest BCUT2D eigenvalue weighted by molar-refractivity contribution is -0.111. The Morgan fingerprint density at radius 2 is 1.79 bits per heavy atom. The number of methoxy groups -OCH3 is 1. The molecule has 3 aliphatic heterocycles. The highest BCUT2D eigenvalue weighted by molar-refractivity contribution is 7.92. The molecule has 52 heavy (non-hydrogen) atoms. The summed E-state index contributed by atoms with van der Waals surface area (Å²) in [6, 6.07) is 11.1. The second-order valence-electron chi connectivity index (χ2n) is 13.7. The Hall–Kier alpha value is -4.50. The highest BCUT2D eigenvalue weighted by atomic mass is 32.2. The summed E-state index contributed by atoms with van der Waals surface area (Å²) in [4.78, 5) is 29.7. The second-order valence-corrected chi connectivity index (χ2v) is 16.1. The van der Waals surface area contributed by atoms with Crippen molar-refractivity contribution in [2.24, 2.45) is 0 Å². The molecule has 278 valence electrons. The number of piperazine rings is 1. The minimum atomic E-state index is -3.60.